The van der Waals surface area contributed by atoms with Crippen LogP contribution in [0.1, 0.15) is 61.2 Å². The minimum atomic E-state index is -0.0677. The van der Waals surface area contributed by atoms with Crippen molar-refractivity contribution in [2.75, 3.05) is 26.2 Å². The number of hydrogen-bond donors (Lipinski definition) is 1. The molecule has 0 radical (unpaired) electrons. The summed E-state index contributed by atoms with van der Waals surface area (Å²) in [5, 5.41) is 0. The van der Waals surface area contributed by atoms with Crippen LogP contribution in [0.3, 0.4) is 0 Å². The van der Waals surface area contributed by atoms with Crippen molar-refractivity contribution in [3.05, 3.63) is 57.3 Å². The molecular formula is C25H32N4O3. The lowest BCUT2D eigenvalue weighted by molar-refractivity contribution is -0.133. The maximum Gasteiger partial charge on any atom is 0.256 e. The van der Waals surface area contributed by atoms with Crippen LogP contribution >= 0.6 is 0 Å². The van der Waals surface area contributed by atoms with Crippen LogP contribution < -0.4 is 10.3 Å². The molecule has 1 saturated heterocycles. The molecule has 0 bridgehead atoms. The largest absolute Gasteiger partial charge is 0.494 e. The molecule has 2 aromatic rings. The van der Waals surface area contributed by atoms with Crippen molar-refractivity contribution in [1.29, 1.82) is 0 Å². The first-order valence-corrected chi connectivity index (χ1v) is 12.0. The number of nitrogens with one attached hydrogen (secondary N) is 1. The molecule has 0 unspecified atom stereocenters. The molecule has 1 aliphatic carbocycles. The number of carbonyl (C=O) groups is 1. The number of fused-ring (bicyclic) bond motifs is 1. The highest BCUT2D eigenvalue weighted by atomic mass is 16.5. The Labute approximate surface area is 188 Å². The number of hydrogen-bond acceptors (Lipinski definition) is 5. The molecule has 1 aromatic heterocycles. The van der Waals surface area contributed by atoms with Gasteiger partial charge < -0.3 is 14.6 Å². The summed E-state index contributed by atoms with van der Waals surface area (Å²) in [5.74, 6) is 2.34. The maximum atomic E-state index is 12.9. The van der Waals surface area contributed by atoms with Crippen LogP contribution in [0, 0.1) is 5.92 Å². The Morgan fingerprint density at radius 1 is 1.19 bits per heavy atom. The summed E-state index contributed by atoms with van der Waals surface area (Å²) >= 11 is 0. The third-order valence-corrected chi connectivity index (χ3v) is 6.86. The van der Waals surface area contributed by atoms with Gasteiger partial charge in [-0.1, -0.05) is 12.1 Å². The van der Waals surface area contributed by atoms with Gasteiger partial charge >= 0.3 is 0 Å². The molecule has 1 saturated carbocycles. The second-order valence-electron chi connectivity index (χ2n) is 9.31. The van der Waals surface area contributed by atoms with Crippen LogP contribution in [-0.2, 0) is 24.3 Å². The number of aromatic amines is 1. The first-order valence-electron chi connectivity index (χ1n) is 12.0. The number of ether oxygens (including phenoxy) is 1. The fourth-order valence-corrected chi connectivity index (χ4v) is 4.95. The van der Waals surface area contributed by atoms with E-state index < -0.39 is 0 Å². The Kier molecular flexibility index (Phi) is 6.00. The van der Waals surface area contributed by atoms with E-state index in [1.54, 1.807) is 0 Å². The molecule has 3 heterocycles. The summed E-state index contributed by atoms with van der Waals surface area (Å²) in [5.41, 5.74) is 2.76. The van der Waals surface area contributed by atoms with Crippen molar-refractivity contribution in [3.63, 3.8) is 0 Å². The molecule has 2 fully saturated rings. The molecule has 1 amide bonds. The molecule has 5 rings (SSSR count). The van der Waals surface area contributed by atoms with Gasteiger partial charge in [-0.3, -0.25) is 14.5 Å². The average Bonchev–Trinajstić information content (AvgIpc) is 3.66. The molecule has 170 valence electrons. The van der Waals surface area contributed by atoms with Gasteiger partial charge in [-0.15, -0.1) is 0 Å². The second-order valence-corrected chi connectivity index (χ2v) is 9.31. The Bertz CT molecular complexity index is 1030. The molecule has 7 heteroatoms. The summed E-state index contributed by atoms with van der Waals surface area (Å²) in [6.07, 6.45) is 4.78. The lowest BCUT2D eigenvalue weighted by Crippen LogP contribution is -2.41. The third-order valence-electron chi connectivity index (χ3n) is 6.86. The van der Waals surface area contributed by atoms with Crippen LogP contribution in [0.4, 0.5) is 0 Å². The van der Waals surface area contributed by atoms with Gasteiger partial charge in [0, 0.05) is 37.9 Å². The van der Waals surface area contributed by atoms with Crippen LogP contribution in [-0.4, -0.2) is 51.9 Å². The van der Waals surface area contributed by atoms with E-state index >= 15 is 0 Å². The molecule has 1 N–H and O–H groups in total. The van der Waals surface area contributed by atoms with E-state index in [1.165, 1.54) is 5.56 Å². The lowest BCUT2D eigenvalue weighted by Gasteiger charge is -2.33. The summed E-state index contributed by atoms with van der Waals surface area (Å²) in [7, 11) is 0. The maximum absolute atomic E-state index is 12.9. The predicted molar refractivity (Wildman–Crippen MR) is 122 cm³/mol. The standard InChI is InChI=1S/C25H32N4O3/c1-2-32-20-9-5-17(6-10-20)14-28-12-3-4-19(15-28)23-26-22-11-13-29(25(31)18-7-8-18)16-21(22)24(30)27-23/h5-6,9-10,18-19H,2-4,7-8,11-16H2,1H3,(H,26,27,30)/t19-/m0/s1. The quantitative estimate of drug-likeness (QED) is 0.753. The average molecular weight is 437 g/mol. The van der Waals surface area contributed by atoms with E-state index in [2.05, 4.69) is 22.0 Å². The van der Waals surface area contributed by atoms with Crippen molar-refractivity contribution in [2.45, 2.75) is 58.0 Å². The predicted octanol–water partition coefficient (Wildman–Crippen LogP) is 2.84. The highest BCUT2D eigenvalue weighted by Gasteiger charge is 2.35. The SMILES string of the molecule is CCOc1ccc(CN2CCC[C@H](c3nc4c(c(=O)[nH]3)CN(C(=O)C3CC3)CC4)C2)cc1. The zero-order valence-electron chi connectivity index (χ0n) is 18.8. The highest BCUT2D eigenvalue weighted by molar-refractivity contribution is 5.81. The summed E-state index contributed by atoms with van der Waals surface area (Å²) in [4.78, 5) is 37.5. The molecule has 1 aromatic carbocycles. The van der Waals surface area contributed by atoms with Gasteiger partial charge in [-0.25, -0.2) is 4.98 Å². The normalized spacial score (nSPS) is 21.3. The Morgan fingerprint density at radius 3 is 2.75 bits per heavy atom. The van der Waals surface area contributed by atoms with E-state index in [1.807, 2.05) is 24.0 Å². The fourth-order valence-electron chi connectivity index (χ4n) is 4.95. The monoisotopic (exact) mass is 436 g/mol. The number of rotatable bonds is 6. The van der Waals surface area contributed by atoms with Gasteiger partial charge in [0.1, 0.15) is 11.6 Å². The van der Waals surface area contributed by atoms with E-state index in [9.17, 15) is 9.59 Å². The molecule has 0 spiro atoms. The van der Waals surface area contributed by atoms with Gasteiger partial charge in [0.05, 0.1) is 24.4 Å². The Balaban J connectivity index is 1.26. The molecule has 3 aliphatic rings. The van der Waals surface area contributed by atoms with E-state index in [-0.39, 0.29) is 23.3 Å². The van der Waals surface area contributed by atoms with Gasteiger partial charge in [0.2, 0.25) is 5.91 Å². The fraction of sp³-hybridized carbons (Fsp3) is 0.560. The van der Waals surface area contributed by atoms with Gasteiger partial charge in [-0.05, 0) is 56.8 Å². The van der Waals surface area contributed by atoms with Crippen molar-refractivity contribution in [3.8, 4) is 5.75 Å². The van der Waals surface area contributed by atoms with Crippen molar-refractivity contribution in [2.24, 2.45) is 5.92 Å². The van der Waals surface area contributed by atoms with Crippen LogP contribution in [0.2, 0.25) is 0 Å². The lowest BCUT2D eigenvalue weighted by atomic mass is 9.96. The second kappa shape index (κ2) is 9.06. The van der Waals surface area contributed by atoms with E-state index in [0.717, 1.165) is 62.6 Å². The van der Waals surface area contributed by atoms with E-state index in [0.29, 0.717) is 31.7 Å². The summed E-state index contributed by atoms with van der Waals surface area (Å²) < 4.78 is 5.54. The number of piperidine rings is 1. The number of amides is 1. The number of likely N-dealkylation sites (tertiary alicyclic amines) is 1. The van der Waals surface area contributed by atoms with Gasteiger partial charge in [0.25, 0.3) is 5.56 Å². The first-order chi connectivity index (χ1) is 15.6. The minimum Gasteiger partial charge on any atom is -0.494 e. The number of aromatic nitrogens is 2. The first kappa shape index (κ1) is 21.2. The number of nitrogens with zero attached hydrogens (tertiary/aromatic N) is 3. The van der Waals surface area contributed by atoms with Gasteiger partial charge in [-0.2, -0.15) is 0 Å². The smallest absolute Gasteiger partial charge is 0.256 e. The van der Waals surface area contributed by atoms with Crippen molar-refractivity contribution >= 4 is 5.91 Å². The highest BCUT2D eigenvalue weighted by Crippen LogP contribution is 2.32. The number of benzene rings is 1. The van der Waals surface area contributed by atoms with Crippen LogP contribution in [0.25, 0.3) is 0 Å². The molecule has 1 atom stereocenters. The number of carbonyl (C=O) groups excluding carboxylic acids is 1. The van der Waals surface area contributed by atoms with Crippen LogP contribution in [0.5, 0.6) is 5.75 Å². The van der Waals surface area contributed by atoms with Gasteiger partial charge in [0.15, 0.2) is 0 Å². The Hall–Kier alpha value is -2.67. The molecule has 7 nitrogen and oxygen atoms in total. The summed E-state index contributed by atoms with van der Waals surface area (Å²) in [6.45, 7) is 6.57. The Morgan fingerprint density at radius 2 is 2.00 bits per heavy atom. The molecule has 2 aliphatic heterocycles. The zero-order valence-corrected chi connectivity index (χ0v) is 18.8. The number of H-pyrrole nitrogens is 1. The third kappa shape index (κ3) is 4.58. The summed E-state index contributed by atoms with van der Waals surface area (Å²) in [6, 6.07) is 8.31. The van der Waals surface area contributed by atoms with Crippen molar-refractivity contribution in [1.82, 2.24) is 19.8 Å². The minimum absolute atomic E-state index is 0.0677. The zero-order chi connectivity index (χ0) is 22.1. The van der Waals surface area contributed by atoms with Crippen LogP contribution in [0.15, 0.2) is 29.1 Å². The molecular weight excluding hydrogens is 404 g/mol. The topological polar surface area (TPSA) is 78.5 Å². The molecule has 32 heavy (non-hydrogen) atoms. The van der Waals surface area contributed by atoms with Crippen molar-refractivity contribution < 1.29 is 9.53 Å². The van der Waals surface area contributed by atoms with E-state index in [4.69, 9.17) is 9.72 Å².